The van der Waals surface area contributed by atoms with Crippen LogP contribution in [0.15, 0.2) is 48.8 Å². The predicted octanol–water partition coefficient (Wildman–Crippen LogP) is 2.31. The summed E-state index contributed by atoms with van der Waals surface area (Å²) in [4.78, 5) is 30.4. The zero-order chi connectivity index (χ0) is 19.1. The summed E-state index contributed by atoms with van der Waals surface area (Å²) in [6, 6.07) is 10.7. The van der Waals surface area contributed by atoms with Crippen LogP contribution in [0.2, 0.25) is 0 Å². The molecule has 1 fully saturated rings. The topological polar surface area (TPSA) is 71.5 Å². The van der Waals surface area contributed by atoms with Crippen molar-refractivity contribution in [1.29, 1.82) is 0 Å². The van der Waals surface area contributed by atoms with E-state index in [4.69, 9.17) is 4.74 Å². The molecule has 27 heavy (non-hydrogen) atoms. The number of rotatable bonds is 7. The second kappa shape index (κ2) is 9.28. The number of hydrogen-bond donors (Lipinski definition) is 1. The van der Waals surface area contributed by atoms with Gasteiger partial charge in [0.25, 0.3) is 11.8 Å². The number of carbonyl (C=O) groups is 2. The van der Waals surface area contributed by atoms with E-state index >= 15 is 0 Å². The van der Waals surface area contributed by atoms with E-state index < -0.39 is 0 Å². The van der Waals surface area contributed by atoms with E-state index in [2.05, 4.69) is 10.3 Å². The Morgan fingerprint density at radius 3 is 2.52 bits per heavy atom. The van der Waals surface area contributed by atoms with E-state index in [9.17, 15) is 9.59 Å². The summed E-state index contributed by atoms with van der Waals surface area (Å²) >= 11 is 0. The van der Waals surface area contributed by atoms with Crippen LogP contribution in [0.4, 0.5) is 0 Å². The lowest BCUT2D eigenvalue weighted by Crippen LogP contribution is -2.32. The van der Waals surface area contributed by atoms with Crippen molar-refractivity contribution in [3.05, 3.63) is 65.5 Å². The minimum Gasteiger partial charge on any atom is -0.376 e. The van der Waals surface area contributed by atoms with Crippen LogP contribution in [0.5, 0.6) is 0 Å². The summed E-state index contributed by atoms with van der Waals surface area (Å²) in [6.07, 6.45) is 6.42. The molecule has 6 heteroatoms. The molecule has 0 radical (unpaired) electrons. The van der Waals surface area contributed by atoms with Crippen molar-refractivity contribution in [1.82, 2.24) is 15.2 Å². The first-order valence-corrected chi connectivity index (χ1v) is 9.28. The minimum absolute atomic E-state index is 0.0598. The number of pyridine rings is 1. The third-order valence-corrected chi connectivity index (χ3v) is 4.74. The molecule has 0 aliphatic carbocycles. The fraction of sp³-hybridized carbons (Fsp3) is 0.381. The maximum Gasteiger partial charge on any atom is 0.253 e. The minimum atomic E-state index is -0.143. The van der Waals surface area contributed by atoms with Crippen molar-refractivity contribution in [3.8, 4) is 0 Å². The molecule has 1 aliphatic rings. The molecule has 2 amide bonds. The van der Waals surface area contributed by atoms with E-state index in [0.29, 0.717) is 24.2 Å². The standard InChI is InChI=1S/C21H25N3O3/c1-24(13-10-16-8-11-22-12-9-16)21(26)18-6-4-17(5-7-18)20(25)23-15-19-3-2-14-27-19/h4-9,11-12,19H,2-3,10,13-15H2,1H3,(H,23,25). The van der Waals surface area contributed by atoms with Gasteiger partial charge in [0.05, 0.1) is 6.10 Å². The fourth-order valence-electron chi connectivity index (χ4n) is 3.05. The fourth-order valence-corrected chi connectivity index (χ4v) is 3.05. The Kier molecular flexibility index (Phi) is 6.54. The van der Waals surface area contributed by atoms with Gasteiger partial charge in [0.1, 0.15) is 0 Å². The first-order valence-electron chi connectivity index (χ1n) is 9.28. The van der Waals surface area contributed by atoms with E-state index in [1.165, 1.54) is 0 Å². The van der Waals surface area contributed by atoms with Gasteiger partial charge in [-0.1, -0.05) is 0 Å². The second-order valence-corrected chi connectivity index (χ2v) is 6.75. The van der Waals surface area contributed by atoms with Gasteiger partial charge in [-0.2, -0.15) is 0 Å². The lowest BCUT2D eigenvalue weighted by Gasteiger charge is -2.17. The molecule has 1 N–H and O–H groups in total. The number of amides is 2. The third-order valence-electron chi connectivity index (χ3n) is 4.74. The highest BCUT2D eigenvalue weighted by molar-refractivity contribution is 5.97. The van der Waals surface area contributed by atoms with Crippen LogP contribution >= 0.6 is 0 Å². The molecule has 0 saturated carbocycles. The average molecular weight is 367 g/mol. The summed E-state index contributed by atoms with van der Waals surface area (Å²) in [5.74, 6) is -0.203. The van der Waals surface area contributed by atoms with Gasteiger partial charge in [0.2, 0.25) is 0 Å². The maximum atomic E-state index is 12.5. The second-order valence-electron chi connectivity index (χ2n) is 6.75. The first kappa shape index (κ1) is 19.0. The van der Waals surface area contributed by atoms with Gasteiger partial charge in [0.15, 0.2) is 0 Å². The monoisotopic (exact) mass is 367 g/mol. The van der Waals surface area contributed by atoms with Gasteiger partial charge < -0.3 is 15.0 Å². The highest BCUT2D eigenvalue weighted by Crippen LogP contribution is 2.12. The van der Waals surface area contributed by atoms with Gasteiger partial charge in [0, 0.05) is 50.3 Å². The number of aromatic nitrogens is 1. The number of hydrogen-bond acceptors (Lipinski definition) is 4. The molecule has 2 aromatic rings. The molecule has 1 aromatic carbocycles. The smallest absolute Gasteiger partial charge is 0.253 e. The summed E-state index contributed by atoms with van der Waals surface area (Å²) in [5, 5.41) is 2.89. The first-order chi connectivity index (χ1) is 13.1. The quantitative estimate of drug-likeness (QED) is 0.815. The number of likely N-dealkylation sites (N-methyl/N-ethyl adjacent to an activating group) is 1. The zero-order valence-electron chi connectivity index (χ0n) is 15.6. The maximum absolute atomic E-state index is 12.5. The Balaban J connectivity index is 1.50. The predicted molar refractivity (Wildman–Crippen MR) is 103 cm³/mol. The molecule has 1 aromatic heterocycles. The van der Waals surface area contributed by atoms with Crippen molar-refractivity contribution in [2.45, 2.75) is 25.4 Å². The van der Waals surface area contributed by atoms with E-state index in [0.717, 1.165) is 31.4 Å². The van der Waals surface area contributed by atoms with Crippen LogP contribution in [0.3, 0.4) is 0 Å². The molecule has 2 heterocycles. The summed E-state index contributed by atoms with van der Waals surface area (Å²) < 4.78 is 5.50. The van der Waals surface area contributed by atoms with Gasteiger partial charge >= 0.3 is 0 Å². The highest BCUT2D eigenvalue weighted by atomic mass is 16.5. The molecule has 1 unspecified atom stereocenters. The van der Waals surface area contributed by atoms with E-state index in [-0.39, 0.29) is 17.9 Å². The molecule has 6 nitrogen and oxygen atoms in total. The highest BCUT2D eigenvalue weighted by Gasteiger charge is 2.17. The largest absolute Gasteiger partial charge is 0.376 e. The Bertz CT molecular complexity index is 756. The van der Waals surface area contributed by atoms with Gasteiger partial charge in [-0.05, 0) is 61.2 Å². The number of nitrogens with one attached hydrogen (secondary N) is 1. The van der Waals surface area contributed by atoms with Crippen molar-refractivity contribution >= 4 is 11.8 Å². The van der Waals surface area contributed by atoms with Gasteiger partial charge in [-0.15, -0.1) is 0 Å². The summed E-state index contributed by atoms with van der Waals surface area (Å²) in [6.45, 7) is 1.91. The number of benzene rings is 1. The van der Waals surface area contributed by atoms with Crippen molar-refractivity contribution in [2.75, 3.05) is 26.7 Å². The van der Waals surface area contributed by atoms with Crippen molar-refractivity contribution in [3.63, 3.8) is 0 Å². The summed E-state index contributed by atoms with van der Waals surface area (Å²) in [7, 11) is 1.78. The van der Waals surface area contributed by atoms with Crippen molar-refractivity contribution < 1.29 is 14.3 Å². The number of nitrogens with zero attached hydrogens (tertiary/aromatic N) is 2. The van der Waals surface area contributed by atoms with Crippen LogP contribution in [-0.2, 0) is 11.2 Å². The Labute approximate surface area is 159 Å². The Morgan fingerprint density at radius 2 is 1.85 bits per heavy atom. The molecular formula is C21H25N3O3. The van der Waals surface area contributed by atoms with Crippen LogP contribution < -0.4 is 5.32 Å². The van der Waals surface area contributed by atoms with Crippen LogP contribution in [0.1, 0.15) is 39.1 Å². The van der Waals surface area contributed by atoms with E-state index in [1.54, 1.807) is 48.6 Å². The molecule has 1 aliphatic heterocycles. The Morgan fingerprint density at radius 1 is 1.15 bits per heavy atom. The molecule has 0 bridgehead atoms. The molecule has 142 valence electrons. The molecule has 3 rings (SSSR count). The summed E-state index contributed by atoms with van der Waals surface area (Å²) in [5.41, 5.74) is 2.26. The zero-order valence-corrected chi connectivity index (χ0v) is 15.6. The normalized spacial score (nSPS) is 16.1. The average Bonchev–Trinajstić information content (AvgIpc) is 3.24. The third kappa shape index (κ3) is 5.37. The molecule has 1 atom stereocenters. The SMILES string of the molecule is CN(CCc1ccncc1)C(=O)c1ccc(C(=O)NCC2CCCO2)cc1. The number of ether oxygens (including phenoxy) is 1. The Hall–Kier alpha value is -2.73. The lowest BCUT2D eigenvalue weighted by molar-refractivity contribution is 0.0795. The van der Waals surface area contributed by atoms with Crippen LogP contribution in [0, 0.1) is 0 Å². The van der Waals surface area contributed by atoms with Gasteiger partial charge in [-0.25, -0.2) is 0 Å². The lowest BCUT2D eigenvalue weighted by atomic mass is 10.1. The van der Waals surface area contributed by atoms with E-state index in [1.807, 2.05) is 12.1 Å². The van der Waals surface area contributed by atoms with Gasteiger partial charge in [-0.3, -0.25) is 14.6 Å². The molecule has 1 saturated heterocycles. The number of carbonyl (C=O) groups excluding carboxylic acids is 2. The van der Waals surface area contributed by atoms with Crippen LogP contribution in [0.25, 0.3) is 0 Å². The van der Waals surface area contributed by atoms with Crippen LogP contribution in [-0.4, -0.2) is 54.5 Å². The molecule has 0 spiro atoms. The van der Waals surface area contributed by atoms with Crippen molar-refractivity contribution in [2.24, 2.45) is 0 Å². The molecular weight excluding hydrogens is 342 g/mol.